The van der Waals surface area contributed by atoms with Gasteiger partial charge in [0.05, 0.1) is 0 Å². The van der Waals surface area contributed by atoms with Gasteiger partial charge >= 0.3 is 0 Å². The molecule has 6 aliphatic rings. The van der Waals surface area contributed by atoms with Crippen molar-refractivity contribution in [3.8, 4) is 0 Å². The summed E-state index contributed by atoms with van der Waals surface area (Å²) in [5.74, 6) is 4.16. The highest BCUT2D eigenvalue weighted by atomic mass is 16.2. The van der Waals surface area contributed by atoms with Crippen molar-refractivity contribution in [1.82, 2.24) is 10.2 Å². The summed E-state index contributed by atoms with van der Waals surface area (Å²) in [6.45, 7) is 1.85. The zero-order valence-corrected chi connectivity index (χ0v) is 13.9. The van der Waals surface area contributed by atoms with Crippen LogP contribution in [-0.4, -0.2) is 35.8 Å². The fourth-order valence-electron chi connectivity index (χ4n) is 7.10. The fourth-order valence-corrected chi connectivity index (χ4v) is 7.10. The number of nitrogens with one attached hydrogen (secondary N) is 1. The Hall–Kier alpha value is -1.06. The minimum atomic E-state index is -0.241. The third-order valence-electron chi connectivity index (χ3n) is 8.06. The second-order valence-corrected chi connectivity index (χ2v) is 9.02. The fraction of sp³-hybridized carbons (Fsp3) is 0.895. The number of nitrogens with zero attached hydrogens (tertiary/aromatic N) is 1. The molecule has 1 atom stereocenters. The van der Waals surface area contributed by atoms with Crippen molar-refractivity contribution < 1.29 is 9.59 Å². The highest BCUT2D eigenvalue weighted by Crippen LogP contribution is 2.65. The van der Waals surface area contributed by atoms with Crippen LogP contribution >= 0.6 is 0 Å². The monoisotopic (exact) mass is 316 g/mol. The second-order valence-electron chi connectivity index (χ2n) is 9.02. The SMILES string of the molecule is O=C1CC[C@H](C(=O)N2CCC3(CC2)C2CC4CC(C2)CC3C4)N1. The summed E-state index contributed by atoms with van der Waals surface area (Å²) in [4.78, 5) is 26.1. The smallest absolute Gasteiger partial charge is 0.245 e. The first kappa shape index (κ1) is 14.3. The number of hydrogen-bond acceptors (Lipinski definition) is 2. The Bertz CT molecular complexity index is 505. The van der Waals surface area contributed by atoms with Crippen molar-refractivity contribution in [1.29, 1.82) is 0 Å². The van der Waals surface area contributed by atoms with E-state index in [9.17, 15) is 9.59 Å². The number of likely N-dealkylation sites (tertiary alicyclic amines) is 1. The predicted octanol–water partition coefficient (Wildman–Crippen LogP) is 2.33. The molecule has 2 heterocycles. The lowest BCUT2D eigenvalue weighted by molar-refractivity contribution is -0.152. The molecule has 2 amide bonds. The average Bonchev–Trinajstić information content (AvgIpc) is 2.98. The maximum atomic E-state index is 12.6. The summed E-state index contributed by atoms with van der Waals surface area (Å²) in [7, 11) is 0. The number of carbonyl (C=O) groups is 2. The summed E-state index contributed by atoms with van der Waals surface area (Å²) in [5.41, 5.74) is 0.559. The summed E-state index contributed by atoms with van der Waals surface area (Å²) in [5, 5.41) is 2.84. The van der Waals surface area contributed by atoms with Gasteiger partial charge in [-0.25, -0.2) is 0 Å². The molecule has 0 aromatic carbocycles. The molecule has 0 unspecified atom stereocenters. The van der Waals surface area contributed by atoms with Crippen LogP contribution in [0.5, 0.6) is 0 Å². The Labute approximate surface area is 138 Å². The van der Waals surface area contributed by atoms with Gasteiger partial charge in [0, 0.05) is 19.5 Å². The molecule has 4 bridgehead atoms. The van der Waals surface area contributed by atoms with Crippen LogP contribution in [0.2, 0.25) is 0 Å². The van der Waals surface area contributed by atoms with Gasteiger partial charge in [0.25, 0.3) is 0 Å². The molecule has 6 rings (SSSR count). The molecule has 23 heavy (non-hydrogen) atoms. The van der Waals surface area contributed by atoms with E-state index in [1.807, 2.05) is 4.90 Å². The Morgan fingerprint density at radius 2 is 1.61 bits per heavy atom. The minimum Gasteiger partial charge on any atom is -0.344 e. The Morgan fingerprint density at radius 1 is 1.00 bits per heavy atom. The lowest BCUT2D eigenvalue weighted by Crippen LogP contribution is -2.58. The Kier molecular flexibility index (Phi) is 3.09. The van der Waals surface area contributed by atoms with Crippen LogP contribution in [0.3, 0.4) is 0 Å². The summed E-state index contributed by atoms with van der Waals surface area (Å²) >= 11 is 0. The van der Waals surface area contributed by atoms with Crippen LogP contribution in [-0.2, 0) is 9.59 Å². The van der Waals surface area contributed by atoms with E-state index in [-0.39, 0.29) is 17.9 Å². The maximum absolute atomic E-state index is 12.6. The maximum Gasteiger partial charge on any atom is 0.245 e. The normalized spacial score (nSPS) is 43.9. The van der Waals surface area contributed by atoms with E-state index in [1.54, 1.807) is 0 Å². The molecule has 0 radical (unpaired) electrons. The van der Waals surface area contributed by atoms with Gasteiger partial charge in [0.1, 0.15) is 6.04 Å². The molecule has 2 saturated heterocycles. The van der Waals surface area contributed by atoms with E-state index >= 15 is 0 Å². The minimum absolute atomic E-state index is 0.0397. The molecular weight excluding hydrogens is 288 g/mol. The van der Waals surface area contributed by atoms with Gasteiger partial charge in [0.2, 0.25) is 11.8 Å². The molecule has 0 aromatic heterocycles. The van der Waals surface area contributed by atoms with Crippen LogP contribution in [0.4, 0.5) is 0 Å². The van der Waals surface area contributed by atoms with Crippen LogP contribution in [0.15, 0.2) is 0 Å². The van der Waals surface area contributed by atoms with Gasteiger partial charge in [-0.2, -0.15) is 0 Å². The summed E-state index contributed by atoms with van der Waals surface area (Å²) in [6, 6.07) is -0.241. The van der Waals surface area contributed by atoms with E-state index in [2.05, 4.69) is 5.32 Å². The molecular formula is C19H28N2O2. The second kappa shape index (κ2) is 4.97. The molecule has 4 nitrogen and oxygen atoms in total. The van der Waals surface area contributed by atoms with Crippen molar-refractivity contribution in [2.24, 2.45) is 29.1 Å². The molecule has 1 spiro atoms. The van der Waals surface area contributed by atoms with Gasteiger partial charge in [-0.15, -0.1) is 0 Å². The van der Waals surface area contributed by atoms with E-state index in [4.69, 9.17) is 0 Å². The summed E-state index contributed by atoms with van der Waals surface area (Å²) < 4.78 is 0. The topological polar surface area (TPSA) is 49.4 Å². The van der Waals surface area contributed by atoms with Gasteiger partial charge in [-0.3, -0.25) is 9.59 Å². The van der Waals surface area contributed by atoms with E-state index in [0.29, 0.717) is 18.3 Å². The lowest BCUT2D eigenvalue weighted by Gasteiger charge is -2.63. The highest BCUT2D eigenvalue weighted by molar-refractivity contribution is 5.90. The third kappa shape index (κ3) is 2.09. The molecule has 4 saturated carbocycles. The van der Waals surface area contributed by atoms with Crippen LogP contribution in [0.25, 0.3) is 0 Å². The molecule has 4 heteroatoms. The number of amides is 2. The number of carbonyl (C=O) groups excluding carboxylic acids is 2. The number of piperidine rings is 1. The van der Waals surface area contributed by atoms with Crippen LogP contribution in [0.1, 0.15) is 57.8 Å². The van der Waals surface area contributed by atoms with Gasteiger partial charge < -0.3 is 10.2 Å². The first-order valence-electron chi connectivity index (χ1n) is 9.72. The molecule has 2 aliphatic heterocycles. The molecule has 0 aromatic rings. The third-order valence-corrected chi connectivity index (χ3v) is 8.06. The van der Waals surface area contributed by atoms with Crippen LogP contribution < -0.4 is 5.32 Å². The van der Waals surface area contributed by atoms with Crippen LogP contribution in [0, 0.1) is 29.1 Å². The largest absolute Gasteiger partial charge is 0.344 e. The molecule has 4 aliphatic carbocycles. The van der Waals surface area contributed by atoms with Crippen molar-refractivity contribution in [3.05, 3.63) is 0 Å². The van der Waals surface area contributed by atoms with E-state index in [0.717, 1.165) is 36.8 Å². The highest BCUT2D eigenvalue weighted by Gasteiger charge is 2.57. The van der Waals surface area contributed by atoms with Crippen molar-refractivity contribution in [2.45, 2.75) is 63.8 Å². The quantitative estimate of drug-likeness (QED) is 0.807. The van der Waals surface area contributed by atoms with Crippen molar-refractivity contribution >= 4 is 11.8 Å². The van der Waals surface area contributed by atoms with E-state index < -0.39 is 0 Å². The Balaban J connectivity index is 1.27. The molecule has 126 valence electrons. The predicted molar refractivity (Wildman–Crippen MR) is 86.5 cm³/mol. The van der Waals surface area contributed by atoms with E-state index in [1.165, 1.54) is 44.9 Å². The molecule has 6 fully saturated rings. The van der Waals surface area contributed by atoms with Crippen molar-refractivity contribution in [3.63, 3.8) is 0 Å². The number of hydrogen-bond donors (Lipinski definition) is 1. The number of rotatable bonds is 1. The summed E-state index contributed by atoms with van der Waals surface area (Å²) in [6.07, 6.45) is 11.0. The first-order chi connectivity index (χ1) is 11.1. The zero-order chi connectivity index (χ0) is 15.6. The van der Waals surface area contributed by atoms with Gasteiger partial charge in [-0.1, -0.05) is 0 Å². The van der Waals surface area contributed by atoms with Gasteiger partial charge in [0.15, 0.2) is 0 Å². The van der Waals surface area contributed by atoms with Gasteiger partial charge in [-0.05, 0) is 80.5 Å². The zero-order valence-electron chi connectivity index (χ0n) is 13.9. The average molecular weight is 316 g/mol. The first-order valence-corrected chi connectivity index (χ1v) is 9.72. The standard InChI is InChI=1S/C19H28N2O2/c22-17-2-1-16(20-17)18(23)21-5-3-19(4-6-21)14-8-12-7-13(10-14)11-15(19)9-12/h12-16H,1-11H2,(H,20,22)/t12?,13?,14?,15?,16-/m1/s1. The molecule has 1 N–H and O–H groups in total. The van der Waals surface area contributed by atoms with Crippen molar-refractivity contribution in [2.75, 3.05) is 13.1 Å². The lowest BCUT2D eigenvalue weighted by atomic mass is 9.43. The Morgan fingerprint density at radius 3 is 2.13 bits per heavy atom.